The van der Waals surface area contributed by atoms with Crippen LogP contribution in [0.5, 0.6) is 0 Å². The monoisotopic (exact) mass is 270 g/mol. The summed E-state index contributed by atoms with van der Waals surface area (Å²) >= 11 is 2.66. The fourth-order valence-corrected chi connectivity index (χ4v) is 1.19. The number of benzene rings is 1. The van der Waals surface area contributed by atoms with E-state index >= 15 is 0 Å². The third kappa shape index (κ3) is 1.95. The van der Waals surface area contributed by atoms with Crippen LogP contribution in [0.25, 0.3) is 0 Å². The summed E-state index contributed by atoms with van der Waals surface area (Å²) in [6.07, 6.45) is -3.42. The highest BCUT2D eigenvalue weighted by Crippen LogP contribution is 2.23. The molecule has 0 aliphatic heterocycles. The Morgan fingerprint density at radius 1 is 1.29 bits per heavy atom. The summed E-state index contributed by atoms with van der Waals surface area (Å²) in [7, 11) is 0. The topological polar surface area (TPSA) is 17.1 Å². The van der Waals surface area contributed by atoms with Gasteiger partial charge < -0.3 is 0 Å². The average Bonchev–Trinajstić information content (AvgIpc) is 2.12. The van der Waals surface area contributed by atoms with Crippen LogP contribution < -0.4 is 0 Å². The Morgan fingerprint density at radius 2 is 1.86 bits per heavy atom. The number of carbonyl (C=O) groups excluding carboxylic acids is 1. The minimum Gasteiger partial charge on any atom is -0.287 e. The van der Waals surface area contributed by atoms with Crippen LogP contribution in [-0.2, 0) is 0 Å². The standard InChI is InChI=1S/C8H3BrF4O/c9-3-1-2-4(10)5(6(3)11)7(14)8(12)13/h1-2,8H. The van der Waals surface area contributed by atoms with Crippen molar-refractivity contribution in [2.45, 2.75) is 6.43 Å². The van der Waals surface area contributed by atoms with Crippen LogP contribution in [0.2, 0.25) is 0 Å². The molecule has 0 amide bonds. The highest BCUT2D eigenvalue weighted by atomic mass is 79.9. The first-order valence-corrected chi connectivity index (χ1v) is 4.20. The minimum atomic E-state index is -3.42. The molecule has 0 fully saturated rings. The van der Waals surface area contributed by atoms with Gasteiger partial charge >= 0.3 is 6.43 Å². The third-order valence-corrected chi connectivity index (χ3v) is 2.10. The molecule has 0 bridgehead atoms. The van der Waals surface area contributed by atoms with E-state index in [4.69, 9.17) is 0 Å². The third-order valence-electron chi connectivity index (χ3n) is 1.49. The molecule has 0 unspecified atom stereocenters. The molecule has 0 atom stereocenters. The second-order valence-electron chi connectivity index (χ2n) is 2.38. The maximum absolute atomic E-state index is 13.0. The molecule has 0 spiro atoms. The summed E-state index contributed by atoms with van der Waals surface area (Å²) in [5.74, 6) is -4.47. The van der Waals surface area contributed by atoms with Gasteiger partial charge in [0.15, 0.2) is 5.82 Å². The molecule has 14 heavy (non-hydrogen) atoms. The molecule has 1 aromatic carbocycles. The number of rotatable bonds is 2. The molecule has 0 radical (unpaired) electrons. The minimum absolute atomic E-state index is 0.233. The van der Waals surface area contributed by atoms with Crippen molar-refractivity contribution in [3.05, 3.63) is 33.8 Å². The molecular formula is C8H3BrF4O. The SMILES string of the molecule is O=C(c1c(F)ccc(Br)c1F)C(F)F. The first-order valence-electron chi connectivity index (χ1n) is 3.41. The average molecular weight is 271 g/mol. The van der Waals surface area contributed by atoms with E-state index in [9.17, 15) is 22.4 Å². The largest absolute Gasteiger partial charge is 0.300 e. The molecule has 1 aromatic rings. The predicted molar refractivity (Wildman–Crippen MR) is 44.4 cm³/mol. The Balaban J connectivity index is 3.33. The molecule has 0 N–H and O–H groups in total. The summed E-state index contributed by atoms with van der Waals surface area (Å²) < 4.78 is 49.4. The van der Waals surface area contributed by atoms with Crippen molar-refractivity contribution in [1.82, 2.24) is 0 Å². The van der Waals surface area contributed by atoms with Crippen molar-refractivity contribution < 1.29 is 22.4 Å². The number of hydrogen-bond donors (Lipinski definition) is 0. The number of Topliss-reactive ketones (excluding diaryl/α,β-unsaturated/α-hetero) is 1. The zero-order valence-electron chi connectivity index (χ0n) is 6.53. The Kier molecular flexibility index (Phi) is 3.25. The van der Waals surface area contributed by atoms with Crippen LogP contribution in [0.4, 0.5) is 17.6 Å². The van der Waals surface area contributed by atoms with E-state index in [1.807, 2.05) is 0 Å². The molecule has 6 heteroatoms. The van der Waals surface area contributed by atoms with Gasteiger partial charge in [-0.3, -0.25) is 4.79 Å². The highest BCUT2D eigenvalue weighted by molar-refractivity contribution is 9.10. The van der Waals surface area contributed by atoms with Crippen molar-refractivity contribution in [2.75, 3.05) is 0 Å². The van der Waals surface area contributed by atoms with Crippen LogP contribution in [0.1, 0.15) is 10.4 Å². The Morgan fingerprint density at radius 3 is 2.36 bits per heavy atom. The Bertz CT molecular complexity index is 378. The second kappa shape index (κ2) is 4.08. The lowest BCUT2D eigenvalue weighted by molar-refractivity contribution is 0.0669. The number of hydrogen-bond acceptors (Lipinski definition) is 1. The summed E-state index contributed by atoms with van der Waals surface area (Å²) in [5.41, 5.74) is -1.21. The molecule has 0 saturated carbocycles. The summed E-state index contributed by atoms with van der Waals surface area (Å²) in [6, 6.07) is 1.73. The fourth-order valence-electron chi connectivity index (χ4n) is 0.862. The van der Waals surface area contributed by atoms with Crippen LogP contribution in [0, 0.1) is 11.6 Å². The van der Waals surface area contributed by atoms with Crippen molar-refractivity contribution in [3.63, 3.8) is 0 Å². The van der Waals surface area contributed by atoms with E-state index in [0.717, 1.165) is 12.1 Å². The first-order chi connectivity index (χ1) is 6.45. The van der Waals surface area contributed by atoms with E-state index in [-0.39, 0.29) is 4.47 Å². The molecule has 0 aromatic heterocycles. The van der Waals surface area contributed by atoms with Crippen LogP contribution in [0.3, 0.4) is 0 Å². The van der Waals surface area contributed by atoms with Gasteiger partial charge in [-0.1, -0.05) is 0 Å². The molecule has 0 aliphatic rings. The van der Waals surface area contributed by atoms with Gasteiger partial charge in [-0.05, 0) is 28.1 Å². The first kappa shape index (κ1) is 11.2. The van der Waals surface area contributed by atoms with Gasteiger partial charge in [0.1, 0.15) is 5.82 Å². The van der Waals surface area contributed by atoms with Crippen molar-refractivity contribution in [1.29, 1.82) is 0 Å². The second-order valence-corrected chi connectivity index (χ2v) is 3.24. The number of carbonyl (C=O) groups is 1. The van der Waals surface area contributed by atoms with Gasteiger partial charge in [-0.15, -0.1) is 0 Å². The van der Waals surface area contributed by atoms with Crippen LogP contribution in [0.15, 0.2) is 16.6 Å². The lowest BCUT2D eigenvalue weighted by Gasteiger charge is -2.04. The van der Waals surface area contributed by atoms with Gasteiger partial charge in [0, 0.05) is 0 Å². The van der Waals surface area contributed by atoms with Gasteiger partial charge in [0.2, 0.25) is 5.78 Å². The normalized spacial score (nSPS) is 10.7. The van der Waals surface area contributed by atoms with Crippen LogP contribution >= 0.6 is 15.9 Å². The van der Waals surface area contributed by atoms with E-state index in [1.165, 1.54) is 0 Å². The van der Waals surface area contributed by atoms with Gasteiger partial charge in [0.05, 0.1) is 10.0 Å². The predicted octanol–water partition coefficient (Wildman–Crippen LogP) is 3.18. The molecule has 0 aliphatic carbocycles. The van der Waals surface area contributed by atoms with E-state index in [0.29, 0.717) is 0 Å². The van der Waals surface area contributed by atoms with Gasteiger partial charge in [0.25, 0.3) is 0 Å². The zero-order valence-corrected chi connectivity index (χ0v) is 8.12. The number of alkyl halides is 2. The van der Waals surface area contributed by atoms with Crippen molar-refractivity contribution in [2.24, 2.45) is 0 Å². The quantitative estimate of drug-likeness (QED) is 0.458. The van der Waals surface area contributed by atoms with Gasteiger partial charge in [-0.2, -0.15) is 0 Å². The van der Waals surface area contributed by atoms with E-state index in [1.54, 1.807) is 0 Å². The zero-order chi connectivity index (χ0) is 10.9. The molecule has 76 valence electrons. The molecule has 1 nitrogen and oxygen atoms in total. The summed E-state index contributed by atoms with van der Waals surface area (Å²) in [5, 5.41) is 0. The van der Waals surface area contributed by atoms with Crippen LogP contribution in [-0.4, -0.2) is 12.2 Å². The molecule has 1 rings (SSSR count). The van der Waals surface area contributed by atoms with Crippen molar-refractivity contribution >= 4 is 21.7 Å². The smallest absolute Gasteiger partial charge is 0.287 e. The fraction of sp³-hybridized carbons (Fsp3) is 0.125. The lowest BCUT2D eigenvalue weighted by atomic mass is 10.1. The number of ketones is 1. The maximum atomic E-state index is 13.0. The van der Waals surface area contributed by atoms with E-state index in [2.05, 4.69) is 15.9 Å². The highest BCUT2D eigenvalue weighted by Gasteiger charge is 2.26. The summed E-state index contributed by atoms with van der Waals surface area (Å²) in [6.45, 7) is 0. The Hall–Kier alpha value is -0.910. The van der Waals surface area contributed by atoms with Gasteiger partial charge in [-0.25, -0.2) is 17.6 Å². The Labute approximate surface area is 84.9 Å². The maximum Gasteiger partial charge on any atom is 0.300 e. The molecular weight excluding hydrogens is 268 g/mol. The molecule has 0 heterocycles. The lowest BCUT2D eigenvalue weighted by Crippen LogP contribution is -2.14. The van der Waals surface area contributed by atoms with Crippen molar-refractivity contribution in [3.8, 4) is 0 Å². The summed E-state index contributed by atoms with van der Waals surface area (Å²) in [4.78, 5) is 10.7. The molecule has 0 saturated heterocycles. The number of halogens is 5. The van der Waals surface area contributed by atoms with E-state index < -0.39 is 29.4 Å².